The number of nitrogens with zero attached hydrogens (tertiary/aromatic N) is 2. The molecule has 0 saturated heterocycles. The molecule has 106 valence electrons. The van der Waals surface area contributed by atoms with Crippen LogP contribution in [0.4, 0.5) is 22.7 Å². The van der Waals surface area contributed by atoms with Gasteiger partial charge in [0.05, 0.1) is 0 Å². The topological polar surface area (TPSA) is 79.8 Å². The molecule has 5 nitrogen and oxygen atoms in total. The van der Waals surface area contributed by atoms with Crippen LogP contribution in [0, 0.1) is 0 Å². The number of hydrogen-bond donors (Lipinski definition) is 2. The SMILES string of the molecule is Nc1ccccc1CCC(=O)Nc1cccc2c1N=[Se]=N2. The maximum absolute atomic E-state index is 12.1. The fourth-order valence-electron chi connectivity index (χ4n) is 2.13. The van der Waals surface area contributed by atoms with Crippen LogP contribution < -0.4 is 11.1 Å². The first-order valence-electron chi connectivity index (χ1n) is 6.58. The molecule has 6 heteroatoms. The molecule has 1 aliphatic rings. The van der Waals surface area contributed by atoms with E-state index in [4.69, 9.17) is 5.73 Å². The molecule has 1 amide bonds. The van der Waals surface area contributed by atoms with E-state index in [0.717, 1.165) is 28.3 Å². The number of aryl methyl sites for hydroxylation is 1. The van der Waals surface area contributed by atoms with Gasteiger partial charge >= 0.3 is 128 Å². The molecule has 0 atom stereocenters. The summed E-state index contributed by atoms with van der Waals surface area (Å²) < 4.78 is 8.65. The Morgan fingerprint density at radius 1 is 1.14 bits per heavy atom. The van der Waals surface area contributed by atoms with Crippen molar-refractivity contribution in [3.05, 3.63) is 48.0 Å². The van der Waals surface area contributed by atoms with Crippen molar-refractivity contribution in [3.63, 3.8) is 0 Å². The molecule has 0 aromatic heterocycles. The molecule has 1 heterocycles. The van der Waals surface area contributed by atoms with Crippen LogP contribution in [0.1, 0.15) is 12.0 Å². The van der Waals surface area contributed by atoms with Crippen molar-refractivity contribution in [3.8, 4) is 0 Å². The first kappa shape index (κ1) is 13.8. The van der Waals surface area contributed by atoms with Gasteiger partial charge in [0.25, 0.3) is 0 Å². The number of fused-ring (bicyclic) bond motifs is 1. The molecule has 0 saturated carbocycles. The van der Waals surface area contributed by atoms with Gasteiger partial charge in [-0.3, -0.25) is 0 Å². The van der Waals surface area contributed by atoms with Crippen LogP contribution in [0.25, 0.3) is 0 Å². The number of amides is 1. The zero-order valence-corrected chi connectivity index (χ0v) is 13.0. The predicted octanol–water partition coefficient (Wildman–Crippen LogP) is 3.19. The summed E-state index contributed by atoms with van der Waals surface area (Å²) in [5.74, 6) is -0.0405. The zero-order valence-electron chi connectivity index (χ0n) is 11.2. The Kier molecular flexibility index (Phi) is 3.99. The number of rotatable bonds is 4. The number of para-hydroxylation sites is 1. The van der Waals surface area contributed by atoms with E-state index in [9.17, 15) is 4.79 Å². The van der Waals surface area contributed by atoms with Crippen molar-refractivity contribution in [2.24, 2.45) is 7.92 Å². The fraction of sp³-hybridized carbons (Fsp3) is 0.133. The van der Waals surface area contributed by atoms with Crippen LogP contribution in [0.15, 0.2) is 50.4 Å². The molecule has 0 aliphatic carbocycles. The Morgan fingerprint density at radius 3 is 2.86 bits per heavy atom. The molecule has 3 rings (SSSR count). The minimum absolute atomic E-state index is 0.0405. The molecular formula is C15H14N4OSe. The van der Waals surface area contributed by atoms with Gasteiger partial charge < -0.3 is 0 Å². The molecule has 1 aliphatic heterocycles. The number of anilines is 2. The van der Waals surface area contributed by atoms with Crippen molar-refractivity contribution in [2.45, 2.75) is 12.8 Å². The van der Waals surface area contributed by atoms with Crippen molar-refractivity contribution in [2.75, 3.05) is 11.1 Å². The standard InChI is InChI=1S/C15H14N4OSe/c16-11-5-2-1-4-10(11)8-9-14(20)17-12-6-3-7-13-15(12)19-21-18-13/h1-7H,8-9,16H2,(H,17,20). The van der Waals surface area contributed by atoms with Crippen molar-refractivity contribution in [1.82, 2.24) is 0 Å². The number of benzene rings is 2. The molecule has 0 radical (unpaired) electrons. The normalized spacial score (nSPS) is 11.8. The fourth-order valence-corrected chi connectivity index (χ4v) is 3.28. The summed E-state index contributed by atoms with van der Waals surface area (Å²) in [5, 5.41) is 2.91. The third-order valence-corrected chi connectivity index (χ3v) is 4.37. The van der Waals surface area contributed by atoms with Gasteiger partial charge in [0.15, 0.2) is 0 Å². The quantitative estimate of drug-likeness (QED) is 0.563. The Bertz CT molecular complexity index is 766. The molecule has 2 aromatic carbocycles. The predicted molar refractivity (Wildman–Crippen MR) is 84.2 cm³/mol. The van der Waals surface area contributed by atoms with E-state index >= 15 is 0 Å². The summed E-state index contributed by atoms with van der Waals surface area (Å²) in [5.41, 5.74) is 9.99. The van der Waals surface area contributed by atoms with Crippen LogP contribution in [0.3, 0.4) is 0 Å². The van der Waals surface area contributed by atoms with Crippen LogP contribution >= 0.6 is 0 Å². The Morgan fingerprint density at radius 2 is 2.00 bits per heavy atom. The van der Waals surface area contributed by atoms with Gasteiger partial charge in [-0.05, 0) is 0 Å². The van der Waals surface area contributed by atoms with Gasteiger partial charge in [-0.1, -0.05) is 0 Å². The molecule has 3 N–H and O–H groups in total. The minimum atomic E-state index is -0.0956. The van der Waals surface area contributed by atoms with Crippen LogP contribution in [0.2, 0.25) is 0 Å². The van der Waals surface area contributed by atoms with Crippen LogP contribution in [-0.2, 0) is 11.2 Å². The summed E-state index contributed by atoms with van der Waals surface area (Å²) >= 11 is -0.0956. The van der Waals surface area contributed by atoms with Crippen molar-refractivity contribution in [1.29, 1.82) is 0 Å². The van der Waals surface area contributed by atoms with Crippen LogP contribution in [0.5, 0.6) is 0 Å². The molecule has 0 spiro atoms. The van der Waals surface area contributed by atoms with E-state index in [-0.39, 0.29) is 20.5 Å². The maximum atomic E-state index is 12.1. The summed E-state index contributed by atoms with van der Waals surface area (Å²) in [6.45, 7) is 0. The third kappa shape index (κ3) is 3.12. The summed E-state index contributed by atoms with van der Waals surface area (Å²) in [6, 6.07) is 13.3. The zero-order chi connectivity index (χ0) is 14.7. The second-order valence-electron chi connectivity index (χ2n) is 4.68. The molecule has 0 unspecified atom stereocenters. The van der Waals surface area contributed by atoms with Gasteiger partial charge in [0.1, 0.15) is 0 Å². The number of nitrogen functional groups attached to an aromatic ring is 1. The average Bonchev–Trinajstić information content (AvgIpc) is 2.96. The first-order valence-corrected chi connectivity index (χ1v) is 8.12. The average molecular weight is 345 g/mol. The second kappa shape index (κ2) is 6.08. The number of nitrogens with two attached hydrogens (primary N) is 1. The van der Waals surface area contributed by atoms with E-state index in [1.807, 2.05) is 42.5 Å². The van der Waals surface area contributed by atoms with E-state index in [1.165, 1.54) is 0 Å². The van der Waals surface area contributed by atoms with Crippen molar-refractivity contribution < 1.29 is 4.79 Å². The number of carbonyl (C=O) groups is 1. The Balaban J connectivity index is 1.64. The van der Waals surface area contributed by atoms with Gasteiger partial charge in [0, 0.05) is 0 Å². The number of nitrogens with one attached hydrogen (secondary N) is 1. The van der Waals surface area contributed by atoms with E-state index in [2.05, 4.69) is 13.2 Å². The Hall–Kier alpha value is -2.17. The Labute approximate surface area is 128 Å². The van der Waals surface area contributed by atoms with Crippen molar-refractivity contribution >= 4 is 43.2 Å². The van der Waals surface area contributed by atoms with E-state index < -0.39 is 0 Å². The molecule has 2 aromatic rings. The van der Waals surface area contributed by atoms with Gasteiger partial charge in [-0.15, -0.1) is 0 Å². The molecule has 0 fully saturated rings. The molecular weight excluding hydrogens is 331 g/mol. The first-order chi connectivity index (χ1) is 10.2. The molecule has 0 bridgehead atoms. The monoisotopic (exact) mass is 346 g/mol. The molecule has 21 heavy (non-hydrogen) atoms. The van der Waals surface area contributed by atoms with Crippen LogP contribution in [-0.4, -0.2) is 20.5 Å². The van der Waals surface area contributed by atoms with E-state index in [1.54, 1.807) is 0 Å². The van der Waals surface area contributed by atoms with E-state index in [0.29, 0.717) is 12.8 Å². The number of hydrogen-bond acceptors (Lipinski definition) is 4. The summed E-state index contributed by atoms with van der Waals surface area (Å²) in [4.78, 5) is 12.1. The summed E-state index contributed by atoms with van der Waals surface area (Å²) in [6.07, 6.45) is 1.01. The summed E-state index contributed by atoms with van der Waals surface area (Å²) in [7, 11) is 0. The third-order valence-electron chi connectivity index (χ3n) is 3.24. The van der Waals surface area contributed by atoms with Gasteiger partial charge in [-0.2, -0.15) is 0 Å². The number of carbonyl (C=O) groups excluding carboxylic acids is 1. The van der Waals surface area contributed by atoms with Gasteiger partial charge in [0.2, 0.25) is 0 Å². The second-order valence-corrected chi connectivity index (χ2v) is 5.79. The van der Waals surface area contributed by atoms with Gasteiger partial charge in [-0.25, -0.2) is 0 Å².